The van der Waals surface area contributed by atoms with Crippen LogP contribution in [-0.4, -0.2) is 9.97 Å². The highest BCUT2D eigenvalue weighted by molar-refractivity contribution is 5.33. The van der Waals surface area contributed by atoms with Crippen LogP contribution in [0.3, 0.4) is 0 Å². The van der Waals surface area contributed by atoms with Crippen LogP contribution in [0, 0.1) is 6.92 Å². The van der Waals surface area contributed by atoms with Crippen molar-refractivity contribution in [3.05, 3.63) is 58.2 Å². The Balaban J connectivity index is 2.25. The minimum atomic E-state index is 1.06. The van der Waals surface area contributed by atoms with Crippen LogP contribution in [0.1, 0.15) is 86.5 Å². The highest BCUT2D eigenvalue weighted by atomic mass is 14.7. The summed E-state index contributed by atoms with van der Waals surface area (Å²) in [5.41, 5.74) is 8.35. The lowest BCUT2D eigenvalue weighted by atomic mass is 9.94. The lowest BCUT2D eigenvalue weighted by molar-refractivity contribution is 0.701. The average molecular weight is 353 g/mol. The zero-order valence-corrected chi connectivity index (χ0v) is 17.3. The first-order valence-corrected chi connectivity index (χ1v) is 10.6. The summed E-state index contributed by atoms with van der Waals surface area (Å²) in [5, 5.41) is 0. The van der Waals surface area contributed by atoms with E-state index in [2.05, 4.69) is 44.8 Å². The smallest absolute Gasteiger partial charge is 0.0439 e. The Hall–Kier alpha value is -1.70. The Morgan fingerprint density at radius 2 is 1.38 bits per heavy atom. The number of aryl methyl sites for hydroxylation is 6. The first-order valence-electron chi connectivity index (χ1n) is 10.6. The van der Waals surface area contributed by atoms with Gasteiger partial charge >= 0.3 is 0 Å². The van der Waals surface area contributed by atoms with Crippen LogP contribution in [0.2, 0.25) is 0 Å². The highest BCUT2D eigenvalue weighted by Crippen LogP contribution is 2.21. The zero-order chi connectivity index (χ0) is 18.8. The van der Waals surface area contributed by atoms with Crippen LogP contribution in [0.5, 0.6) is 0 Å². The lowest BCUT2D eigenvalue weighted by Gasteiger charge is -2.16. The summed E-state index contributed by atoms with van der Waals surface area (Å²) in [4.78, 5) is 9.46. The molecule has 0 fully saturated rings. The fourth-order valence-electron chi connectivity index (χ4n) is 3.62. The minimum Gasteiger partial charge on any atom is -0.264 e. The van der Waals surface area contributed by atoms with Gasteiger partial charge in [0.05, 0.1) is 0 Å². The molecule has 0 amide bonds. The SMILES string of the molecule is CCCCCc1cc(CCc2cnccc2C)c(CCC)nc1CCC. The number of unbranched alkanes of at least 4 members (excludes halogenated alkanes) is 2. The van der Waals surface area contributed by atoms with Gasteiger partial charge in [0.1, 0.15) is 0 Å². The molecule has 0 atom stereocenters. The molecule has 0 spiro atoms. The maximum Gasteiger partial charge on any atom is 0.0439 e. The molecule has 2 nitrogen and oxygen atoms in total. The predicted molar refractivity (Wildman–Crippen MR) is 112 cm³/mol. The summed E-state index contributed by atoms with van der Waals surface area (Å²) in [6.45, 7) is 8.97. The van der Waals surface area contributed by atoms with Crippen molar-refractivity contribution in [1.29, 1.82) is 0 Å². The van der Waals surface area contributed by atoms with Crippen LogP contribution in [0.15, 0.2) is 24.5 Å². The largest absolute Gasteiger partial charge is 0.264 e. The Kier molecular flexibility index (Phi) is 8.80. The summed E-state index contributed by atoms with van der Waals surface area (Å²) in [6.07, 6.45) is 15.6. The maximum atomic E-state index is 5.15. The Labute approximate surface area is 160 Å². The summed E-state index contributed by atoms with van der Waals surface area (Å²) < 4.78 is 0. The topological polar surface area (TPSA) is 25.8 Å². The molecule has 2 aromatic heterocycles. The molecule has 0 saturated heterocycles. The maximum absolute atomic E-state index is 5.15. The molecule has 0 saturated carbocycles. The second-order valence-electron chi connectivity index (χ2n) is 7.46. The van der Waals surface area contributed by atoms with Gasteiger partial charge in [0.25, 0.3) is 0 Å². The van der Waals surface area contributed by atoms with E-state index in [0.29, 0.717) is 0 Å². The van der Waals surface area contributed by atoms with Gasteiger partial charge in [0.2, 0.25) is 0 Å². The molecule has 0 aliphatic heterocycles. The van der Waals surface area contributed by atoms with E-state index in [-0.39, 0.29) is 0 Å². The Morgan fingerprint density at radius 1 is 0.731 bits per heavy atom. The first kappa shape index (κ1) is 20.6. The molecule has 142 valence electrons. The zero-order valence-electron chi connectivity index (χ0n) is 17.3. The first-order chi connectivity index (χ1) is 12.7. The number of hydrogen-bond donors (Lipinski definition) is 0. The third-order valence-electron chi connectivity index (χ3n) is 5.19. The van der Waals surface area contributed by atoms with Gasteiger partial charge < -0.3 is 0 Å². The van der Waals surface area contributed by atoms with Gasteiger partial charge in [-0.2, -0.15) is 0 Å². The van der Waals surface area contributed by atoms with E-state index in [0.717, 1.165) is 32.1 Å². The van der Waals surface area contributed by atoms with Crippen LogP contribution in [-0.2, 0) is 32.1 Å². The van der Waals surface area contributed by atoms with Crippen molar-refractivity contribution in [2.75, 3.05) is 0 Å². The molecule has 0 bridgehead atoms. The minimum absolute atomic E-state index is 1.06. The van der Waals surface area contributed by atoms with Crippen molar-refractivity contribution >= 4 is 0 Å². The lowest BCUT2D eigenvalue weighted by Crippen LogP contribution is -2.08. The second kappa shape index (κ2) is 11.1. The van der Waals surface area contributed by atoms with Crippen molar-refractivity contribution in [3.63, 3.8) is 0 Å². The molecule has 26 heavy (non-hydrogen) atoms. The normalized spacial score (nSPS) is 11.1. The number of hydrogen-bond acceptors (Lipinski definition) is 2. The quantitative estimate of drug-likeness (QED) is 0.449. The molecule has 2 aromatic rings. The molecule has 2 rings (SSSR count). The van der Waals surface area contributed by atoms with Gasteiger partial charge in [0.15, 0.2) is 0 Å². The Bertz CT molecular complexity index is 676. The molecule has 0 radical (unpaired) electrons. The van der Waals surface area contributed by atoms with E-state index >= 15 is 0 Å². The van der Waals surface area contributed by atoms with E-state index in [4.69, 9.17) is 4.98 Å². The molecule has 0 N–H and O–H groups in total. The molecule has 0 unspecified atom stereocenters. The van der Waals surface area contributed by atoms with Gasteiger partial charge in [0, 0.05) is 23.8 Å². The molecule has 2 heteroatoms. The summed E-state index contributed by atoms with van der Waals surface area (Å²) >= 11 is 0. The molecule has 2 heterocycles. The number of aromatic nitrogens is 2. The fourth-order valence-corrected chi connectivity index (χ4v) is 3.62. The fraction of sp³-hybridized carbons (Fsp3) is 0.583. The van der Waals surface area contributed by atoms with Crippen molar-refractivity contribution < 1.29 is 0 Å². The van der Waals surface area contributed by atoms with Gasteiger partial charge in [-0.05, 0) is 73.8 Å². The van der Waals surface area contributed by atoms with Crippen LogP contribution in [0.25, 0.3) is 0 Å². The van der Waals surface area contributed by atoms with E-state index in [1.807, 2.05) is 12.4 Å². The summed E-state index contributed by atoms with van der Waals surface area (Å²) in [7, 11) is 0. The van der Waals surface area contributed by atoms with E-state index in [1.165, 1.54) is 65.7 Å². The molecule has 0 aliphatic carbocycles. The molecule has 0 aromatic carbocycles. The van der Waals surface area contributed by atoms with E-state index in [9.17, 15) is 0 Å². The monoisotopic (exact) mass is 352 g/mol. The van der Waals surface area contributed by atoms with E-state index in [1.54, 1.807) is 0 Å². The second-order valence-corrected chi connectivity index (χ2v) is 7.46. The van der Waals surface area contributed by atoms with Crippen LogP contribution in [0.4, 0.5) is 0 Å². The van der Waals surface area contributed by atoms with Crippen molar-refractivity contribution in [2.45, 2.75) is 91.9 Å². The van der Waals surface area contributed by atoms with Gasteiger partial charge in [-0.3, -0.25) is 9.97 Å². The molecular formula is C24H36N2. The number of nitrogens with zero attached hydrogens (tertiary/aromatic N) is 2. The predicted octanol–water partition coefficient (Wildman–Crippen LogP) is 6.21. The van der Waals surface area contributed by atoms with Gasteiger partial charge in [-0.15, -0.1) is 0 Å². The average Bonchev–Trinajstić information content (AvgIpc) is 2.64. The third-order valence-corrected chi connectivity index (χ3v) is 5.19. The van der Waals surface area contributed by atoms with E-state index < -0.39 is 0 Å². The van der Waals surface area contributed by atoms with Crippen LogP contribution >= 0.6 is 0 Å². The van der Waals surface area contributed by atoms with Gasteiger partial charge in [-0.25, -0.2) is 0 Å². The van der Waals surface area contributed by atoms with Crippen molar-refractivity contribution in [1.82, 2.24) is 9.97 Å². The van der Waals surface area contributed by atoms with Crippen molar-refractivity contribution in [2.24, 2.45) is 0 Å². The Morgan fingerprint density at radius 3 is 2.00 bits per heavy atom. The number of rotatable bonds is 11. The summed E-state index contributed by atoms with van der Waals surface area (Å²) in [5.74, 6) is 0. The third kappa shape index (κ3) is 5.93. The highest BCUT2D eigenvalue weighted by Gasteiger charge is 2.12. The summed E-state index contributed by atoms with van der Waals surface area (Å²) in [6, 6.07) is 4.60. The van der Waals surface area contributed by atoms with Crippen molar-refractivity contribution in [3.8, 4) is 0 Å². The van der Waals surface area contributed by atoms with Crippen LogP contribution < -0.4 is 0 Å². The molecule has 0 aliphatic rings. The van der Waals surface area contributed by atoms with Gasteiger partial charge in [-0.1, -0.05) is 52.5 Å². The standard InChI is InChI=1S/C24H36N2/c1-5-8-9-12-20-17-21(13-14-22-18-25-16-15-19(22)4)24(11-7-3)26-23(20)10-6-2/h15-18H,5-14H2,1-4H3. The molecular weight excluding hydrogens is 316 g/mol. The number of pyridine rings is 2.